The van der Waals surface area contributed by atoms with E-state index in [9.17, 15) is 14.4 Å². The van der Waals surface area contributed by atoms with Crippen LogP contribution in [0.2, 0.25) is 0 Å². The maximum Gasteiger partial charge on any atom is 0.273 e. The Hall–Kier alpha value is -4.44. The summed E-state index contributed by atoms with van der Waals surface area (Å²) >= 11 is 0.888. The van der Waals surface area contributed by atoms with Gasteiger partial charge >= 0.3 is 0 Å². The fourth-order valence-electron chi connectivity index (χ4n) is 6.56. The summed E-state index contributed by atoms with van der Waals surface area (Å²) < 4.78 is 9.75. The fourth-order valence-corrected chi connectivity index (χ4v) is 7.30. The van der Waals surface area contributed by atoms with Crippen molar-refractivity contribution in [1.29, 1.82) is 0 Å². The predicted octanol–water partition coefficient (Wildman–Crippen LogP) is 6.40. The van der Waals surface area contributed by atoms with Gasteiger partial charge in [-0.3, -0.25) is 19.3 Å². The Labute approximate surface area is 267 Å². The lowest BCUT2D eigenvalue weighted by atomic mass is 9.95. The topological polar surface area (TPSA) is 127 Å². The summed E-state index contributed by atoms with van der Waals surface area (Å²) in [5.74, 6) is -0.527. The second-order valence-electron chi connectivity index (χ2n) is 11.9. The van der Waals surface area contributed by atoms with Crippen molar-refractivity contribution in [1.82, 2.24) is 15.0 Å². The standard InChI is InChI=1S/C35H39N5O4S/c1-44-26-20-18-23(19-21-26)31(34(42)38-25-14-6-7-15-25)40(28-17-9-11-22-10-5-8-16-27(22)28)35(43)32-29(36)30(39-45-32)33(41)37-24-12-3-2-4-13-24/h5,8-11,16-21,24-25,31H,2-4,6-7,12-15,36H2,1H3,(H,37,41)(H,38,42). The van der Waals surface area contributed by atoms with Crippen LogP contribution in [0.1, 0.15) is 89.6 Å². The largest absolute Gasteiger partial charge is 0.497 e. The molecule has 0 radical (unpaired) electrons. The highest BCUT2D eigenvalue weighted by atomic mass is 32.1. The molecule has 1 unspecified atom stereocenters. The van der Waals surface area contributed by atoms with Crippen molar-refractivity contribution >= 4 is 51.4 Å². The predicted molar refractivity (Wildman–Crippen MR) is 178 cm³/mol. The number of rotatable bonds is 9. The smallest absolute Gasteiger partial charge is 0.273 e. The fraction of sp³-hybridized carbons (Fsp3) is 0.371. The number of ether oxygens (including phenoxy) is 1. The Kier molecular flexibility index (Phi) is 9.30. The van der Waals surface area contributed by atoms with E-state index in [0.29, 0.717) is 17.0 Å². The van der Waals surface area contributed by atoms with Crippen molar-refractivity contribution in [3.63, 3.8) is 0 Å². The monoisotopic (exact) mass is 625 g/mol. The number of carbonyl (C=O) groups excluding carboxylic acids is 3. The molecule has 2 aliphatic carbocycles. The van der Waals surface area contributed by atoms with Gasteiger partial charge in [-0.2, -0.15) is 4.37 Å². The minimum atomic E-state index is -1.03. The second kappa shape index (κ2) is 13.7. The van der Waals surface area contributed by atoms with Crippen LogP contribution < -0.4 is 26.0 Å². The molecule has 6 rings (SSSR count). The van der Waals surface area contributed by atoms with Crippen LogP contribution in [0, 0.1) is 0 Å². The molecule has 4 aromatic rings. The number of carbonyl (C=O) groups is 3. The van der Waals surface area contributed by atoms with E-state index in [2.05, 4.69) is 15.0 Å². The molecule has 9 nitrogen and oxygen atoms in total. The zero-order chi connectivity index (χ0) is 31.3. The van der Waals surface area contributed by atoms with E-state index in [1.807, 2.05) is 54.6 Å². The van der Waals surface area contributed by atoms with Gasteiger partial charge in [-0.05, 0) is 66.4 Å². The summed E-state index contributed by atoms with van der Waals surface area (Å²) in [6.45, 7) is 0. The molecule has 0 aliphatic heterocycles. The van der Waals surface area contributed by atoms with Crippen molar-refractivity contribution in [2.24, 2.45) is 0 Å². The van der Waals surface area contributed by atoms with Gasteiger partial charge in [0.1, 0.15) is 16.7 Å². The zero-order valence-corrected chi connectivity index (χ0v) is 26.3. The number of benzene rings is 3. The molecule has 234 valence electrons. The molecule has 2 saturated carbocycles. The molecule has 1 heterocycles. The molecule has 3 aromatic carbocycles. The van der Waals surface area contributed by atoms with Gasteiger partial charge in [0.25, 0.3) is 11.8 Å². The third-order valence-electron chi connectivity index (χ3n) is 8.96. The first-order valence-electron chi connectivity index (χ1n) is 15.8. The number of amides is 3. The first kappa shape index (κ1) is 30.6. The van der Waals surface area contributed by atoms with Crippen molar-refractivity contribution in [2.75, 3.05) is 17.7 Å². The molecule has 10 heteroatoms. The second-order valence-corrected chi connectivity index (χ2v) is 12.7. The molecule has 0 bridgehead atoms. The van der Waals surface area contributed by atoms with E-state index in [1.54, 1.807) is 19.2 Å². The first-order valence-corrected chi connectivity index (χ1v) is 16.5. The molecular formula is C35H39N5O4S. The highest BCUT2D eigenvalue weighted by Crippen LogP contribution is 2.38. The molecule has 4 N–H and O–H groups in total. The third kappa shape index (κ3) is 6.51. The summed E-state index contributed by atoms with van der Waals surface area (Å²) in [5.41, 5.74) is 7.79. The summed E-state index contributed by atoms with van der Waals surface area (Å²) in [6, 6.07) is 19.7. The lowest BCUT2D eigenvalue weighted by molar-refractivity contribution is -0.123. The number of nitrogens with zero attached hydrogens (tertiary/aromatic N) is 2. The van der Waals surface area contributed by atoms with Crippen LogP contribution in [0.5, 0.6) is 5.75 Å². The van der Waals surface area contributed by atoms with Crippen molar-refractivity contribution in [2.45, 2.75) is 75.9 Å². The zero-order valence-electron chi connectivity index (χ0n) is 25.5. The SMILES string of the molecule is COc1ccc(C(C(=O)NC2CCCC2)N(C(=O)c2snc(C(=O)NC3CCCCC3)c2N)c2cccc3ccccc23)cc1. The maximum absolute atomic E-state index is 14.8. The number of hydrogen-bond acceptors (Lipinski definition) is 7. The Morgan fingerprint density at radius 1 is 0.867 bits per heavy atom. The van der Waals surface area contributed by atoms with E-state index in [0.717, 1.165) is 80.1 Å². The van der Waals surface area contributed by atoms with Crippen LogP contribution in [-0.2, 0) is 4.79 Å². The molecule has 2 aliphatic rings. The Balaban J connectivity index is 1.45. The molecule has 1 aromatic heterocycles. The van der Waals surface area contributed by atoms with Crippen LogP contribution in [0.25, 0.3) is 10.8 Å². The van der Waals surface area contributed by atoms with Crippen LogP contribution in [0.4, 0.5) is 11.4 Å². The van der Waals surface area contributed by atoms with E-state index in [4.69, 9.17) is 10.5 Å². The van der Waals surface area contributed by atoms with Crippen LogP contribution in [0.15, 0.2) is 66.7 Å². The average molecular weight is 626 g/mol. The molecule has 1 atom stereocenters. The number of aromatic nitrogens is 1. The van der Waals surface area contributed by atoms with E-state index in [1.165, 1.54) is 4.90 Å². The number of nitrogens with two attached hydrogens (primary N) is 1. The summed E-state index contributed by atoms with van der Waals surface area (Å²) in [5, 5.41) is 8.00. The van der Waals surface area contributed by atoms with Crippen molar-refractivity contribution < 1.29 is 19.1 Å². The van der Waals surface area contributed by atoms with E-state index < -0.39 is 11.9 Å². The van der Waals surface area contributed by atoms with Crippen LogP contribution in [0.3, 0.4) is 0 Å². The normalized spacial score (nSPS) is 16.3. The minimum absolute atomic E-state index is 0.0215. The summed E-state index contributed by atoms with van der Waals surface area (Å²) in [4.78, 5) is 44.0. The van der Waals surface area contributed by atoms with Gasteiger partial charge in [-0.15, -0.1) is 0 Å². The van der Waals surface area contributed by atoms with Crippen molar-refractivity contribution in [3.8, 4) is 5.75 Å². The number of anilines is 2. The third-order valence-corrected chi connectivity index (χ3v) is 9.81. The highest BCUT2D eigenvalue weighted by molar-refractivity contribution is 7.09. The van der Waals surface area contributed by atoms with Gasteiger partial charge in [0, 0.05) is 17.5 Å². The molecular weight excluding hydrogens is 586 g/mol. The van der Waals surface area contributed by atoms with Crippen molar-refractivity contribution in [3.05, 3.63) is 82.9 Å². The quantitative estimate of drug-likeness (QED) is 0.198. The van der Waals surface area contributed by atoms with Gasteiger partial charge < -0.3 is 21.1 Å². The van der Waals surface area contributed by atoms with Gasteiger partial charge in [-0.25, -0.2) is 0 Å². The average Bonchev–Trinajstić information content (AvgIpc) is 3.73. The van der Waals surface area contributed by atoms with E-state index in [-0.39, 0.29) is 40.2 Å². The van der Waals surface area contributed by atoms with Gasteiger partial charge in [-0.1, -0.05) is 80.6 Å². The Bertz CT molecular complexity index is 1670. The number of hydrogen-bond donors (Lipinski definition) is 3. The molecule has 3 amide bonds. The lowest BCUT2D eigenvalue weighted by Crippen LogP contribution is -2.46. The summed E-state index contributed by atoms with van der Waals surface area (Å²) in [7, 11) is 1.58. The number of methoxy groups -OCH3 is 1. The maximum atomic E-state index is 14.8. The van der Waals surface area contributed by atoms with Crippen LogP contribution in [-0.4, -0.2) is 41.3 Å². The highest BCUT2D eigenvalue weighted by Gasteiger charge is 2.38. The Morgan fingerprint density at radius 2 is 1.51 bits per heavy atom. The molecule has 0 spiro atoms. The van der Waals surface area contributed by atoms with E-state index >= 15 is 0 Å². The molecule has 2 fully saturated rings. The molecule has 0 saturated heterocycles. The first-order chi connectivity index (χ1) is 21.9. The molecule has 45 heavy (non-hydrogen) atoms. The lowest BCUT2D eigenvalue weighted by Gasteiger charge is -2.33. The number of fused-ring (bicyclic) bond motifs is 1. The Morgan fingerprint density at radius 3 is 2.22 bits per heavy atom. The minimum Gasteiger partial charge on any atom is -0.497 e. The number of nitrogen functional groups attached to an aromatic ring is 1. The van der Waals surface area contributed by atoms with Gasteiger partial charge in [0.2, 0.25) is 5.91 Å². The van der Waals surface area contributed by atoms with Gasteiger partial charge in [0.15, 0.2) is 5.69 Å². The van der Waals surface area contributed by atoms with Crippen LogP contribution >= 0.6 is 11.5 Å². The summed E-state index contributed by atoms with van der Waals surface area (Å²) in [6.07, 6.45) is 9.01. The number of nitrogens with one attached hydrogen (secondary N) is 2. The van der Waals surface area contributed by atoms with Gasteiger partial charge in [0.05, 0.1) is 18.5 Å².